The Kier molecular flexibility index (Phi) is 6.97. The van der Waals surface area contributed by atoms with Gasteiger partial charge in [0.25, 0.3) is 0 Å². The minimum absolute atomic E-state index is 0.109. The number of hydrogen-bond donors (Lipinski definition) is 2. The maximum absolute atomic E-state index is 13.6. The summed E-state index contributed by atoms with van der Waals surface area (Å²) < 4.78 is 6.32. The zero-order valence-electron chi connectivity index (χ0n) is 20.2. The van der Waals surface area contributed by atoms with Gasteiger partial charge in [-0.3, -0.25) is 24.7 Å². The van der Waals surface area contributed by atoms with Crippen molar-refractivity contribution in [3.8, 4) is 5.75 Å². The number of carbonyl (C=O) groups excluding carboxylic acids is 2. The molecule has 2 amide bonds. The van der Waals surface area contributed by atoms with E-state index in [4.69, 9.17) is 4.74 Å². The summed E-state index contributed by atoms with van der Waals surface area (Å²) >= 11 is 0. The number of rotatable bonds is 5. The number of piperidine rings is 1. The van der Waals surface area contributed by atoms with Gasteiger partial charge < -0.3 is 9.64 Å². The molecular formula is C28H30N4O4. The van der Waals surface area contributed by atoms with E-state index in [1.54, 1.807) is 16.6 Å². The zero-order valence-corrected chi connectivity index (χ0v) is 20.2. The van der Waals surface area contributed by atoms with Crippen LogP contribution in [0, 0.1) is 5.92 Å². The fourth-order valence-electron chi connectivity index (χ4n) is 5.33. The van der Waals surface area contributed by atoms with Gasteiger partial charge in [-0.05, 0) is 49.2 Å². The minimum Gasteiger partial charge on any atom is -0.488 e. The van der Waals surface area contributed by atoms with Gasteiger partial charge in [0.15, 0.2) is 0 Å². The van der Waals surface area contributed by atoms with E-state index in [1.165, 1.54) is 11.1 Å². The van der Waals surface area contributed by atoms with Gasteiger partial charge in [0.05, 0.1) is 11.4 Å². The van der Waals surface area contributed by atoms with Crippen molar-refractivity contribution in [2.75, 3.05) is 26.7 Å². The second kappa shape index (κ2) is 10.5. The summed E-state index contributed by atoms with van der Waals surface area (Å²) in [5.74, 6) is -0.756. The van der Waals surface area contributed by atoms with E-state index in [0.29, 0.717) is 31.8 Å². The molecule has 0 radical (unpaired) electrons. The van der Waals surface area contributed by atoms with Crippen LogP contribution in [0.15, 0.2) is 72.9 Å². The summed E-state index contributed by atoms with van der Waals surface area (Å²) in [7, 11) is 1.83. The summed E-state index contributed by atoms with van der Waals surface area (Å²) in [5.41, 5.74) is 4.98. The lowest BCUT2D eigenvalue weighted by molar-refractivity contribution is -0.151. The molecule has 0 saturated carbocycles. The van der Waals surface area contributed by atoms with E-state index in [2.05, 4.69) is 23.2 Å². The Balaban J connectivity index is 1.32. The lowest BCUT2D eigenvalue weighted by Crippen LogP contribution is -2.60. The molecule has 1 aromatic heterocycles. The summed E-state index contributed by atoms with van der Waals surface area (Å²) in [6.07, 6.45) is 4.51. The third kappa shape index (κ3) is 4.82. The van der Waals surface area contributed by atoms with Crippen molar-refractivity contribution in [3.63, 3.8) is 0 Å². The molecule has 3 aromatic rings. The van der Waals surface area contributed by atoms with Gasteiger partial charge in [-0.1, -0.05) is 48.5 Å². The molecule has 0 unspecified atom stereocenters. The fourth-order valence-corrected chi connectivity index (χ4v) is 5.33. The normalized spacial score (nSPS) is 22.7. The number of ether oxygens (including phenoxy) is 1. The standard InChI is InChI=1S/C28H30N4O4/c1-31-18-21(36-25-11-14-29-24-10-6-5-9-22(24)25)17-23(27(33)30-35)26(31)28(34)32-15-12-20(13-16-32)19-7-3-2-4-8-19/h2-12,14,21,23,26,35H,13,15-18H2,1H3,(H,30,33)/t21-,23-,26-/m0/s1. The topological polar surface area (TPSA) is 95.0 Å². The number of aromatic nitrogens is 1. The average Bonchev–Trinajstić information content (AvgIpc) is 2.93. The number of benzene rings is 2. The lowest BCUT2D eigenvalue weighted by atomic mass is 9.86. The first-order chi connectivity index (χ1) is 17.5. The molecule has 3 atom stereocenters. The van der Waals surface area contributed by atoms with Crippen molar-refractivity contribution in [1.82, 2.24) is 20.3 Å². The average molecular weight is 487 g/mol. The van der Waals surface area contributed by atoms with Gasteiger partial charge in [-0.25, -0.2) is 5.48 Å². The highest BCUT2D eigenvalue weighted by Crippen LogP contribution is 2.31. The molecule has 2 N–H and O–H groups in total. The van der Waals surface area contributed by atoms with E-state index in [0.717, 1.165) is 17.3 Å². The molecule has 1 fully saturated rings. The van der Waals surface area contributed by atoms with E-state index >= 15 is 0 Å². The van der Waals surface area contributed by atoms with Gasteiger partial charge in [0.1, 0.15) is 17.9 Å². The Bertz CT molecular complexity index is 1270. The van der Waals surface area contributed by atoms with Crippen LogP contribution in [0.5, 0.6) is 5.75 Å². The summed E-state index contributed by atoms with van der Waals surface area (Å²) in [4.78, 5) is 34.4. The number of likely N-dealkylation sites (N-methyl/N-ethyl adjacent to an activating group) is 1. The molecule has 2 aromatic carbocycles. The number of nitrogens with zero attached hydrogens (tertiary/aromatic N) is 3. The molecule has 0 aliphatic carbocycles. The van der Waals surface area contributed by atoms with Gasteiger partial charge in [0.2, 0.25) is 11.8 Å². The lowest BCUT2D eigenvalue weighted by Gasteiger charge is -2.43. The zero-order chi connectivity index (χ0) is 25.1. The summed E-state index contributed by atoms with van der Waals surface area (Å²) in [5, 5.41) is 10.3. The van der Waals surface area contributed by atoms with Gasteiger partial charge in [-0.15, -0.1) is 0 Å². The van der Waals surface area contributed by atoms with Crippen LogP contribution in [-0.4, -0.2) is 70.6 Å². The number of carbonyl (C=O) groups is 2. The first kappa shape index (κ1) is 24.0. The number of fused-ring (bicyclic) bond motifs is 1. The van der Waals surface area contributed by atoms with Crippen LogP contribution < -0.4 is 10.2 Å². The van der Waals surface area contributed by atoms with Crippen molar-refractivity contribution in [1.29, 1.82) is 0 Å². The Morgan fingerprint density at radius 2 is 1.86 bits per heavy atom. The van der Waals surface area contributed by atoms with Crippen LogP contribution in [-0.2, 0) is 9.59 Å². The molecular weight excluding hydrogens is 456 g/mol. The van der Waals surface area contributed by atoms with Crippen LogP contribution in [0.1, 0.15) is 18.4 Å². The van der Waals surface area contributed by atoms with E-state index in [-0.39, 0.29) is 12.0 Å². The predicted molar refractivity (Wildman–Crippen MR) is 136 cm³/mol. The molecule has 2 aliphatic heterocycles. The Labute approximate surface area is 210 Å². The minimum atomic E-state index is -0.751. The Morgan fingerprint density at radius 3 is 2.61 bits per heavy atom. The number of para-hydroxylation sites is 1. The second-order valence-electron chi connectivity index (χ2n) is 9.40. The highest BCUT2D eigenvalue weighted by Gasteiger charge is 2.45. The number of hydroxylamine groups is 1. The van der Waals surface area contributed by atoms with Crippen LogP contribution in [0.25, 0.3) is 16.5 Å². The van der Waals surface area contributed by atoms with E-state index in [9.17, 15) is 14.8 Å². The van der Waals surface area contributed by atoms with Gasteiger partial charge in [-0.2, -0.15) is 0 Å². The highest BCUT2D eigenvalue weighted by molar-refractivity contribution is 5.90. The van der Waals surface area contributed by atoms with Gasteiger partial charge in [0, 0.05) is 31.2 Å². The van der Waals surface area contributed by atoms with Gasteiger partial charge >= 0.3 is 0 Å². The molecule has 3 heterocycles. The van der Waals surface area contributed by atoms with E-state index < -0.39 is 17.9 Å². The summed E-state index contributed by atoms with van der Waals surface area (Å²) in [6.45, 7) is 1.55. The third-order valence-electron chi connectivity index (χ3n) is 7.13. The second-order valence-corrected chi connectivity index (χ2v) is 9.40. The molecule has 5 rings (SSSR count). The molecule has 0 bridgehead atoms. The number of pyridine rings is 1. The van der Waals surface area contributed by atoms with Crippen LogP contribution in [0.3, 0.4) is 0 Å². The highest BCUT2D eigenvalue weighted by atomic mass is 16.5. The van der Waals surface area contributed by atoms with Crippen molar-refractivity contribution in [2.24, 2.45) is 5.92 Å². The molecule has 2 aliphatic rings. The number of amides is 2. The fraction of sp³-hybridized carbons (Fsp3) is 0.321. The molecule has 0 spiro atoms. The monoisotopic (exact) mass is 486 g/mol. The molecule has 8 heteroatoms. The maximum atomic E-state index is 13.6. The van der Waals surface area contributed by atoms with Crippen molar-refractivity contribution >= 4 is 28.3 Å². The van der Waals surface area contributed by atoms with Crippen LogP contribution in [0.4, 0.5) is 0 Å². The Morgan fingerprint density at radius 1 is 1.08 bits per heavy atom. The first-order valence-corrected chi connectivity index (χ1v) is 12.2. The molecule has 36 heavy (non-hydrogen) atoms. The van der Waals surface area contributed by atoms with Crippen molar-refractivity contribution < 1.29 is 19.5 Å². The predicted octanol–water partition coefficient (Wildman–Crippen LogP) is 3.12. The van der Waals surface area contributed by atoms with Crippen LogP contribution >= 0.6 is 0 Å². The molecule has 1 saturated heterocycles. The SMILES string of the molecule is CN1C[C@@H](Oc2ccnc3ccccc23)C[C@H](C(=O)NO)[C@H]1C(=O)N1CC=C(c2ccccc2)CC1. The van der Waals surface area contributed by atoms with Crippen molar-refractivity contribution in [2.45, 2.75) is 25.0 Å². The number of likely N-dealkylation sites (tertiary alicyclic amines) is 1. The Hall–Kier alpha value is -3.75. The van der Waals surface area contributed by atoms with E-state index in [1.807, 2.05) is 60.5 Å². The van der Waals surface area contributed by atoms with Crippen LogP contribution in [0.2, 0.25) is 0 Å². The summed E-state index contributed by atoms with van der Waals surface area (Å²) in [6, 6.07) is 19.0. The number of hydrogen-bond acceptors (Lipinski definition) is 6. The molecule has 8 nitrogen and oxygen atoms in total. The maximum Gasteiger partial charge on any atom is 0.248 e. The number of nitrogens with one attached hydrogen (secondary N) is 1. The van der Waals surface area contributed by atoms with Crippen molar-refractivity contribution in [3.05, 3.63) is 78.5 Å². The molecule has 186 valence electrons. The largest absolute Gasteiger partial charge is 0.488 e. The first-order valence-electron chi connectivity index (χ1n) is 12.2. The third-order valence-corrected chi connectivity index (χ3v) is 7.13. The smallest absolute Gasteiger partial charge is 0.248 e. The quantitative estimate of drug-likeness (QED) is 0.425.